The maximum atomic E-state index is 13.1. The van der Waals surface area contributed by atoms with E-state index in [-0.39, 0.29) is 12.2 Å². The van der Waals surface area contributed by atoms with Gasteiger partial charge >= 0.3 is 0 Å². The molecule has 0 N–H and O–H groups in total. The monoisotopic (exact) mass is 264 g/mol. The van der Waals surface area contributed by atoms with Crippen LogP contribution in [0, 0.1) is 11.6 Å². The summed E-state index contributed by atoms with van der Waals surface area (Å²) in [5.74, 6) is -1.27. The van der Waals surface area contributed by atoms with E-state index in [1.54, 1.807) is 0 Å². The van der Waals surface area contributed by atoms with E-state index in [9.17, 15) is 13.6 Å². The van der Waals surface area contributed by atoms with Crippen molar-refractivity contribution in [2.75, 3.05) is 0 Å². The summed E-state index contributed by atoms with van der Waals surface area (Å²) in [6, 6.07) is 3.28. The van der Waals surface area contributed by atoms with Crippen molar-refractivity contribution in [2.24, 2.45) is 0 Å². The lowest BCUT2D eigenvalue weighted by atomic mass is 9.94. The number of carbonyl (C=O) groups excluding carboxylic acids is 1. The molecule has 0 spiro atoms. The zero-order chi connectivity index (χ0) is 13.7. The highest BCUT2D eigenvalue weighted by Crippen LogP contribution is 2.19. The average Bonchev–Trinajstić information content (AvgIpc) is 2.26. The van der Waals surface area contributed by atoms with Gasteiger partial charge in [-0.05, 0) is 49.0 Å². The van der Waals surface area contributed by atoms with E-state index < -0.39 is 11.6 Å². The molecule has 0 fully saturated rings. The normalized spacial score (nSPS) is 19.2. The number of halogens is 2. The predicted octanol–water partition coefficient (Wildman–Crippen LogP) is 4.36. The Morgan fingerprint density at radius 3 is 2.42 bits per heavy atom. The first-order valence-electron chi connectivity index (χ1n) is 6.82. The quantitative estimate of drug-likeness (QED) is 0.793. The Kier molecular flexibility index (Phi) is 4.83. The standard InChI is InChI=1S/C16H18F2O/c17-14-8-12(9-15(18)11-14)10-16(19)13-6-4-2-1-3-5-7-13/h6,8-9,11H,1-5,7,10H2/b13-6+. The fraction of sp³-hybridized carbons (Fsp3) is 0.438. The van der Waals surface area contributed by atoms with Crippen LogP contribution in [0.5, 0.6) is 0 Å². The van der Waals surface area contributed by atoms with Crippen molar-refractivity contribution >= 4 is 5.78 Å². The first-order valence-corrected chi connectivity index (χ1v) is 6.82. The first kappa shape index (κ1) is 13.9. The highest BCUT2D eigenvalue weighted by Gasteiger charge is 2.12. The predicted molar refractivity (Wildman–Crippen MR) is 70.9 cm³/mol. The number of carbonyl (C=O) groups is 1. The Labute approximate surface area is 112 Å². The second-order valence-corrected chi connectivity index (χ2v) is 5.06. The van der Waals surface area contributed by atoms with Gasteiger partial charge in [-0.25, -0.2) is 8.78 Å². The Hall–Kier alpha value is -1.51. The van der Waals surface area contributed by atoms with Gasteiger partial charge in [0.05, 0.1) is 0 Å². The van der Waals surface area contributed by atoms with Crippen molar-refractivity contribution in [1.82, 2.24) is 0 Å². The van der Waals surface area contributed by atoms with E-state index in [1.165, 1.54) is 18.6 Å². The molecule has 0 amide bonds. The summed E-state index contributed by atoms with van der Waals surface area (Å²) in [7, 11) is 0. The number of hydrogen-bond acceptors (Lipinski definition) is 1. The summed E-state index contributed by atoms with van der Waals surface area (Å²) in [6.07, 6.45) is 8.31. The van der Waals surface area contributed by atoms with Crippen molar-refractivity contribution in [3.63, 3.8) is 0 Å². The Morgan fingerprint density at radius 2 is 1.68 bits per heavy atom. The Morgan fingerprint density at radius 1 is 1.00 bits per heavy atom. The molecule has 0 saturated heterocycles. The lowest BCUT2D eigenvalue weighted by Crippen LogP contribution is -2.08. The third kappa shape index (κ3) is 4.27. The molecule has 0 radical (unpaired) electrons. The molecular formula is C16H18F2O. The molecule has 0 aliphatic heterocycles. The third-order valence-corrected chi connectivity index (χ3v) is 3.44. The minimum absolute atomic E-state index is 0.00750. The van der Waals surface area contributed by atoms with Crippen molar-refractivity contribution in [1.29, 1.82) is 0 Å². The van der Waals surface area contributed by atoms with E-state index in [0.29, 0.717) is 5.56 Å². The maximum Gasteiger partial charge on any atom is 0.162 e. The van der Waals surface area contributed by atoms with E-state index in [4.69, 9.17) is 0 Å². The minimum Gasteiger partial charge on any atom is -0.294 e. The van der Waals surface area contributed by atoms with Crippen molar-refractivity contribution in [2.45, 2.75) is 44.9 Å². The number of Topliss-reactive ketones (excluding diaryl/α,β-unsaturated/α-hetero) is 1. The zero-order valence-corrected chi connectivity index (χ0v) is 10.9. The summed E-state index contributed by atoms with van der Waals surface area (Å²) >= 11 is 0. The SMILES string of the molecule is O=C(Cc1cc(F)cc(F)c1)/C1=C/CCCCCC1. The highest BCUT2D eigenvalue weighted by molar-refractivity contribution is 5.96. The molecule has 1 aromatic carbocycles. The van der Waals surface area contributed by atoms with Crippen LogP contribution in [-0.2, 0) is 11.2 Å². The van der Waals surface area contributed by atoms with Crippen LogP contribution < -0.4 is 0 Å². The smallest absolute Gasteiger partial charge is 0.162 e. The highest BCUT2D eigenvalue weighted by atomic mass is 19.1. The van der Waals surface area contributed by atoms with Crippen LogP contribution in [0.25, 0.3) is 0 Å². The maximum absolute atomic E-state index is 13.1. The topological polar surface area (TPSA) is 17.1 Å². The van der Waals surface area contributed by atoms with Crippen LogP contribution in [0.3, 0.4) is 0 Å². The second-order valence-electron chi connectivity index (χ2n) is 5.06. The Balaban J connectivity index is 2.06. The molecule has 3 heteroatoms. The lowest BCUT2D eigenvalue weighted by molar-refractivity contribution is -0.115. The molecule has 0 aromatic heterocycles. The average molecular weight is 264 g/mol. The summed E-state index contributed by atoms with van der Waals surface area (Å²) in [4.78, 5) is 12.1. The number of hydrogen-bond donors (Lipinski definition) is 0. The second kappa shape index (κ2) is 6.60. The van der Waals surface area contributed by atoms with Gasteiger partial charge in [-0.15, -0.1) is 0 Å². The van der Waals surface area contributed by atoms with Gasteiger partial charge in [-0.1, -0.05) is 18.9 Å². The van der Waals surface area contributed by atoms with Gasteiger partial charge < -0.3 is 0 Å². The van der Waals surface area contributed by atoms with Crippen LogP contribution in [-0.4, -0.2) is 5.78 Å². The summed E-state index contributed by atoms with van der Waals surface area (Å²) in [6.45, 7) is 0. The first-order chi connectivity index (χ1) is 9.15. The molecule has 0 bridgehead atoms. The Bertz CT molecular complexity index is 471. The summed E-state index contributed by atoms with van der Waals surface area (Å²) < 4.78 is 26.1. The van der Waals surface area contributed by atoms with Gasteiger partial charge in [-0.2, -0.15) is 0 Å². The molecule has 1 nitrogen and oxygen atoms in total. The van der Waals surface area contributed by atoms with Gasteiger partial charge in [0.1, 0.15) is 11.6 Å². The molecule has 19 heavy (non-hydrogen) atoms. The molecule has 1 aliphatic carbocycles. The molecule has 0 heterocycles. The molecule has 1 aromatic rings. The molecule has 102 valence electrons. The van der Waals surface area contributed by atoms with Gasteiger partial charge in [0.25, 0.3) is 0 Å². The largest absolute Gasteiger partial charge is 0.294 e. The molecule has 2 rings (SSSR count). The fourth-order valence-corrected chi connectivity index (χ4v) is 2.46. The fourth-order valence-electron chi connectivity index (χ4n) is 2.46. The van der Waals surface area contributed by atoms with Crippen LogP contribution in [0.2, 0.25) is 0 Å². The number of benzene rings is 1. The molecule has 1 aliphatic rings. The number of rotatable bonds is 3. The molecule has 0 unspecified atom stereocenters. The molecule has 0 atom stereocenters. The molecular weight excluding hydrogens is 246 g/mol. The van der Waals surface area contributed by atoms with E-state index >= 15 is 0 Å². The minimum atomic E-state index is -0.630. The molecule has 0 saturated carbocycles. The van der Waals surface area contributed by atoms with Gasteiger partial charge in [0.2, 0.25) is 0 Å². The van der Waals surface area contributed by atoms with E-state index in [2.05, 4.69) is 0 Å². The third-order valence-electron chi connectivity index (χ3n) is 3.44. The van der Waals surface area contributed by atoms with Gasteiger partial charge in [-0.3, -0.25) is 4.79 Å². The van der Waals surface area contributed by atoms with Gasteiger partial charge in [0.15, 0.2) is 5.78 Å². The summed E-state index contributed by atoms with van der Waals surface area (Å²) in [5.41, 5.74) is 1.23. The van der Waals surface area contributed by atoms with Crippen LogP contribution in [0.1, 0.15) is 44.1 Å². The lowest BCUT2D eigenvalue weighted by Gasteiger charge is -2.10. The van der Waals surface area contributed by atoms with E-state index in [1.807, 2.05) is 6.08 Å². The van der Waals surface area contributed by atoms with Crippen molar-refractivity contribution < 1.29 is 13.6 Å². The van der Waals surface area contributed by atoms with Crippen molar-refractivity contribution in [3.8, 4) is 0 Å². The zero-order valence-electron chi connectivity index (χ0n) is 10.9. The number of ketones is 1. The van der Waals surface area contributed by atoms with Gasteiger partial charge in [0, 0.05) is 12.5 Å². The summed E-state index contributed by atoms with van der Waals surface area (Å²) in [5, 5.41) is 0. The van der Waals surface area contributed by atoms with E-state index in [0.717, 1.165) is 43.7 Å². The van der Waals surface area contributed by atoms with Crippen molar-refractivity contribution in [3.05, 3.63) is 47.0 Å². The number of allylic oxidation sites excluding steroid dienone is 2. The van der Waals surface area contributed by atoms with Crippen LogP contribution in [0.15, 0.2) is 29.8 Å². The van der Waals surface area contributed by atoms with Crippen LogP contribution in [0.4, 0.5) is 8.78 Å². The van der Waals surface area contributed by atoms with Crippen LogP contribution >= 0.6 is 0 Å².